The fourth-order valence-electron chi connectivity index (χ4n) is 7.82. The van der Waals surface area contributed by atoms with Crippen LogP contribution in [0.3, 0.4) is 0 Å². The third-order valence-electron chi connectivity index (χ3n) is 8.97. The van der Waals surface area contributed by atoms with Crippen LogP contribution in [-0.2, 0) is 9.53 Å². The minimum absolute atomic E-state index is 0.239. The molecule has 3 fully saturated rings. The standard InChI is InChI=1S/C21H32O8/c1-7-6-10(22)15(25)19(4)11(7)8(2)17-20(5)14(19)13(24)12(23)9(3)21(20,28)16(26)18(27)29-17/h8-10,12-17,22-26,28H,6H2,1-5H3. The molecule has 0 aromatic rings. The van der Waals surface area contributed by atoms with Crippen LogP contribution in [0.4, 0.5) is 0 Å². The van der Waals surface area contributed by atoms with Crippen molar-refractivity contribution >= 4 is 5.97 Å². The number of carbonyl (C=O) groups excluding carboxylic acids is 1. The Balaban J connectivity index is 2.07. The minimum atomic E-state index is -2.09. The fourth-order valence-corrected chi connectivity index (χ4v) is 7.82. The molecule has 0 radical (unpaired) electrons. The normalized spacial score (nSPS) is 59.7. The van der Waals surface area contributed by atoms with E-state index in [1.165, 1.54) is 6.92 Å². The van der Waals surface area contributed by atoms with Gasteiger partial charge in [-0.25, -0.2) is 4.79 Å². The maximum absolute atomic E-state index is 12.5. The molecule has 0 amide bonds. The summed E-state index contributed by atoms with van der Waals surface area (Å²) < 4.78 is 5.64. The second-order valence-corrected chi connectivity index (χ2v) is 10.1. The molecule has 3 aliphatic carbocycles. The summed E-state index contributed by atoms with van der Waals surface area (Å²) in [5.41, 5.74) is -3.09. The van der Waals surface area contributed by atoms with Gasteiger partial charge in [-0.15, -0.1) is 0 Å². The SMILES string of the molecule is CC1=C2C(C)C3OC(=O)C(O)C4(O)C(C)C(O)C(O)C(C2(C)C(O)C(O)C1)C34C. The average Bonchev–Trinajstić information content (AvgIpc) is 2.64. The van der Waals surface area contributed by atoms with Crippen LogP contribution in [0.2, 0.25) is 0 Å². The van der Waals surface area contributed by atoms with Gasteiger partial charge >= 0.3 is 5.97 Å². The van der Waals surface area contributed by atoms with Crippen LogP contribution in [0.25, 0.3) is 0 Å². The van der Waals surface area contributed by atoms with Gasteiger partial charge in [0.15, 0.2) is 6.10 Å². The van der Waals surface area contributed by atoms with E-state index in [0.29, 0.717) is 0 Å². The zero-order valence-corrected chi connectivity index (χ0v) is 17.4. The second-order valence-electron chi connectivity index (χ2n) is 10.1. The van der Waals surface area contributed by atoms with Crippen LogP contribution >= 0.6 is 0 Å². The molecule has 2 saturated carbocycles. The van der Waals surface area contributed by atoms with Crippen LogP contribution in [0, 0.1) is 28.6 Å². The Hall–Kier alpha value is -1.03. The van der Waals surface area contributed by atoms with Crippen molar-refractivity contribution in [1.82, 2.24) is 0 Å². The molecule has 0 aromatic carbocycles. The number of rotatable bonds is 0. The van der Waals surface area contributed by atoms with E-state index in [1.807, 2.05) is 13.8 Å². The Morgan fingerprint density at radius 3 is 2.21 bits per heavy atom. The van der Waals surface area contributed by atoms with Gasteiger partial charge in [0.25, 0.3) is 0 Å². The number of ether oxygens (including phenoxy) is 1. The highest BCUT2D eigenvalue weighted by Gasteiger charge is 2.80. The highest BCUT2D eigenvalue weighted by Crippen LogP contribution is 2.70. The molecule has 1 aliphatic heterocycles. The Bertz CT molecular complexity index is 781. The summed E-state index contributed by atoms with van der Waals surface area (Å²) in [5.74, 6) is -3.41. The molecule has 1 heterocycles. The zero-order chi connectivity index (χ0) is 21.8. The van der Waals surface area contributed by atoms with Gasteiger partial charge in [-0.1, -0.05) is 38.8 Å². The first-order chi connectivity index (χ1) is 13.3. The van der Waals surface area contributed by atoms with E-state index >= 15 is 0 Å². The molecule has 1 saturated heterocycles. The van der Waals surface area contributed by atoms with Gasteiger partial charge in [0.1, 0.15) is 11.7 Å². The topological polar surface area (TPSA) is 148 Å². The molecule has 4 rings (SSSR count). The summed E-state index contributed by atoms with van der Waals surface area (Å²) in [6.45, 7) is 8.52. The highest BCUT2D eigenvalue weighted by atomic mass is 16.6. The van der Waals surface area contributed by atoms with Crippen LogP contribution in [0.1, 0.15) is 41.0 Å². The maximum atomic E-state index is 12.5. The van der Waals surface area contributed by atoms with Gasteiger partial charge in [-0.3, -0.25) is 0 Å². The van der Waals surface area contributed by atoms with Crippen LogP contribution < -0.4 is 0 Å². The Labute approximate surface area is 169 Å². The molecule has 0 bridgehead atoms. The van der Waals surface area contributed by atoms with Crippen molar-refractivity contribution < 1.29 is 40.2 Å². The first-order valence-electron chi connectivity index (χ1n) is 10.3. The van der Waals surface area contributed by atoms with Crippen molar-refractivity contribution in [2.45, 2.75) is 83.3 Å². The van der Waals surface area contributed by atoms with Crippen LogP contribution in [0.15, 0.2) is 11.1 Å². The number of hydrogen-bond acceptors (Lipinski definition) is 8. The zero-order valence-electron chi connectivity index (χ0n) is 17.4. The van der Waals surface area contributed by atoms with Crippen molar-refractivity contribution in [1.29, 1.82) is 0 Å². The number of aliphatic hydroxyl groups excluding tert-OH is 5. The molecule has 12 atom stereocenters. The quantitative estimate of drug-likeness (QED) is 0.221. The first-order valence-corrected chi connectivity index (χ1v) is 10.3. The fraction of sp³-hybridized carbons (Fsp3) is 0.857. The van der Waals surface area contributed by atoms with Crippen molar-refractivity contribution in [3.05, 3.63) is 11.1 Å². The second kappa shape index (κ2) is 6.02. The molecular formula is C21H32O8. The van der Waals surface area contributed by atoms with Crippen molar-refractivity contribution in [3.8, 4) is 0 Å². The first kappa shape index (κ1) is 21.2. The van der Waals surface area contributed by atoms with Gasteiger partial charge < -0.3 is 35.4 Å². The van der Waals surface area contributed by atoms with Gasteiger partial charge in [0.05, 0.1) is 24.4 Å². The van der Waals surface area contributed by atoms with E-state index < -0.39 is 76.8 Å². The van der Waals surface area contributed by atoms with Crippen molar-refractivity contribution in [2.75, 3.05) is 0 Å². The summed E-state index contributed by atoms with van der Waals surface area (Å²) in [6.07, 6.45) is -7.71. The molecule has 4 aliphatic rings. The molecule has 29 heavy (non-hydrogen) atoms. The van der Waals surface area contributed by atoms with Gasteiger partial charge in [-0.05, 0) is 13.3 Å². The summed E-state index contributed by atoms with van der Waals surface area (Å²) in [4.78, 5) is 12.5. The van der Waals surface area contributed by atoms with Gasteiger partial charge in [-0.2, -0.15) is 0 Å². The van der Waals surface area contributed by atoms with Gasteiger partial charge in [0.2, 0.25) is 0 Å². The molecule has 0 aromatic heterocycles. The monoisotopic (exact) mass is 412 g/mol. The van der Waals surface area contributed by atoms with Crippen LogP contribution in [-0.4, -0.2) is 78.8 Å². The third-order valence-corrected chi connectivity index (χ3v) is 8.97. The molecule has 0 spiro atoms. The summed E-state index contributed by atoms with van der Waals surface area (Å²) in [5, 5.41) is 66.3. The van der Waals surface area contributed by atoms with E-state index in [0.717, 1.165) is 11.1 Å². The lowest BCUT2D eigenvalue weighted by Gasteiger charge is -2.72. The molecule has 8 heteroatoms. The maximum Gasteiger partial charge on any atom is 0.338 e. The molecule has 6 N–H and O–H groups in total. The molecule has 12 unspecified atom stereocenters. The smallest absolute Gasteiger partial charge is 0.338 e. The Morgan fingerprint density at radius 2 is 1.62 bits per heavy atom. The number of fused-ring (bicyclic) bond motifs is 2. The highest BCUT2D eigenvalue weighted by molar-refractivity contribution is 5.78. The van der Waals surface area contributed by atoms with Crippen LogP contribution in [0.5, 0.6) is 0 Å². The number of hydrogen-bond donors (Lipinski definition) is 6. The Kier molecular flexibility index (Phi) is 4.40. The molecule has 164 valence electrons. The predicted octanol–water partition coefficient (Wildman–Crippen LogP) is -0.904. The third kappa shape index (κ3) is 2.08. The van der Waals surface area contributed by atoms with E-state index in [4.69, 9.17) is 4.74 Å². The number of esters is 1. The largest absolute Gasteiger partial charge is 0.459 e. The van der Waals surface area contributed by atoms with Crippen molar-refractivity contribution in [3.63, 3.8) is 0 Å². The average molecular weight is 412 g/mol. The number of aliphatic hydroxyl groups is 6. The van der Waals surface area contributed by atoms with E-state index in [2.05, 4.69) is 0 Å². The predicted molar refractivity (Wildman–Crippen MR) is 100 cm³/mol. The van der Waals surface area contributed by atoms with E-state index in [1.54, 1.807) is 13.8 Å². The number of carbonyl (C=O) groups is 1. The molecular weight excluding hydrogens is 380 g/mol. The minimum Gasteiger partial charge on any atom is -0.459 e. The summed E-state index contributed by atoms with van der Waals surface area (Å²) in [7, 11) is 0. The lowest BCUT2D eigenvalue weighted by molar-refractivity contribution is -0.353. The lowest BCUT2D eigenvalue weighted by atomic mass is 9.36. The lowest BCUT2D eigenvalue weighted by Crippen LogP contribution is -2.83. The van der Waals surface area contributed by atoms with Crippen molar-refractivity contribution in [2.24, 2.45) is 28.6 Å². The summed E-state index contributed by atoms with van der Waals surface area (Å²) in [6, 6.07) is 0. The summed E-state index contributed by atoms with van der Waals surface area (Å²) >= 11 is 0. The Morgan fingerprint density at radius 1 is 1.03 bits per heavy atom. The van der Waals surface area contributed by atoms with E-state index in [9.17, 15) is 35.4 Å². The van der Waals surface area contributed by atoms with E-state index in [-0.39, 0.29) is 6.42 Å². The molecule has 8 nitrogen and oxygen atoms in total. The van der Waals surface area contributed by atoms with Gasteiger partial charge in [0, 0.05) is 28.6 Å².